The molecule has 0 radical (unpaired) electrons. The molecule has 34 heavy (non-hydrogen) atoms. The summed E-state index contributed by atoms with van der Waals surface area (Å²) in [4.78, 5) is 24.2. The number of hydrogen-bond donors (Lipinski definition) is 3. The summed E-state index contributed by atoms with van der Waals surface area (Å²) in [6.45, 7) is 3.09. The largest absolute Gasteiger partial charge is 0.497 e. The molecule has 0 spiro atoms. The van der Waals surface area contributed by atoms with Gasteiger partial charge >= 0.3 is 0 Å². The number of methoxy groups -OCH3 is 2. The summed E-state index contributed by atoms with van der Waals surface area (Å²) >= 11 is 0. The van der Waals surface area contributed by atoms with Gasteiger partial charge in [0.2, 0.25) is 5.91 Å². The van der Waals surface area contributed by atoms with Crippen LogP contribution in [0.15, 0.2) is 65.6 Å². The highest BCUT2D eigenvalue weighted by Gasteiger charge is 2.19. The van der Waals surface area contributed by atoms with E-state index in [1.807, 2.05) is 0 Å². The van der Waals surface area contributed by atoms with Crippen molar-refractivity contribution in [3.8, 4) is 11.5 Å². The van der Waals surface area contributed by atoms with E-state index in [0.29, 0.717) is 34.1 Å². The molecule has 0 heterocycles. The summed E-state index contributed by atoms with van der Waals surface area (Å²) in [7, 11) is -0.973. The first-order valence-corrected chi connectivity index (χ1v) is 11.7. The van der Waals surface area contributed by atoms with E-state index in [1.54, 1.807) is 55.5 Å². The minimum Gasteiger partial charge on any atom is -0.497 e. The molecule has 0 saturated heterocycles. The molecule has 3 N–H and O–H groups in total. The molecule has 10 heteroatoms. The van der Waals surface area contributed by atoms with Gasteiger partial charge in [0.15, 0.2) is 0 Å². The van der Waals surface area contributed by atoms with Gasteiger partial charge < -0.3 is 20.1 Å². The van der Waals surface area contributed by atoms with E-state index in [0.717, 1.165) is 0 Å². The Balaban J connectivity index is 1.83. The SMILES string of the molecule is COc1ccc(NS(=O)(=O)c2ccc(C)c(C(=O)Nc3ccc(NC(C)=O)c(OC)c3)c2)cc1. The zero-order valence-electron chi connectivity index (χ0n) is 19.1. The van der Waals surface area contributed by atoms with Gasteiger partial charge in [-0.2, -0.15) is 0 Å². The van der Waals surface area contributed by atoms with Crippen molar-refractivity contribution in [2.75, 3.05) is 29.6 Å². The Kier molecular flexibility index (Phi) is 7.42. The molecule has 0 saturated carbocycles. The Morgan fingerprint density at radius 3 is 2.12 bits per heavy atom. The predicted molar refractivity (Wildman–Crippen MR) is 130 cm³/mol. The van der Waals surface area contributed by atoms with Crippen molar-refractivity contribution in [3.63, 3.8) is 0 Å². The van der Waals surface area contributed by atoms with Gasteiger partial charge in [-0.15, -0.1) is 0 Å². The fraction of sp³-hybridized carbons (Fsp3) is 0.167. The van der Waals surface area contributed by atoms with Crippen LogP contribution in [0, 0.1) is 6.92 Å². The maximum absolute atomic E-state index is 13.0. The average Bonchev–Trinajstić information content (AvgIpc) is 2.80. The van der Waals surface area contributed by atoms with Crippen LogP contribution >= 0.6 is 0 Å². The van der Waals surface area contributed by atoms with E-state index in [2.05, 4.69) is 15.4 Å². The summed E-state index contributed by atoms with van der Waals surface area (Å²) in [6.07, 6.45) is 0. The number of sulfonamides is 1. The molecule has 0 aliphatic carbocycles. The van der Waals surface area contributed by atoms with Crippen LogP contribution in [0.5, 0.6) is 11.5 Å². The average molecular weight is 484 g/mol. The molecule has 9 nitrogen and oxygen atoms in total. The Bertz CT molecular complexity index is 1320. The van der Waals surface area contributed by atoms with Gasteiger partial charge in [-0.1, -0.05) is 6.07 Å². The number of anilines is 3. The fourth-order valence-corrected chi connectivity index (χ4v) is 4.23. The third kappa shape index (κ3) is 5.84. The number of hydrogen-bond acceptors (Lipinski definition) is 6. The van der Waals surface area contributed by atoms with Crippen LogP contribution in [0.3, 0.4) is 0 Å². The van der Waals surface area contributed by atoms with Crippen molar-refractivity contribution in [1.29, 1.82) is 0 Å². The number of amides is 2. The third-order valence-electron chi connectivity index (χ3n) is 4.88. The van der Waals surface area contributed by atoms with Gasteiger partial charge in [-0.3, -0.25) is 14.3 Å². The van der Waals surface area contributed by atoms with Crippen molar-refractivity contribution >= 4 is 38.9 Å². The lowest BCUT2D eigenvalue weighted by Gasteiger charge is -2.14. The molecule has 0 bridgehead atoms. The number of ether oxygens (including phenoxy) is 2. The van der Waals surface area contributed by atoms with Crippen LogP contribution in [0.1, 0.15) is 22.8 Å². The highest BCUT2D eigenvalue weighted by molar-refractivity contribution is 7.92. The first kappa shape index (κ1) is 24.6. The number of carbonyl (C=O) groups is 2. The zero-order chi connectivity index (χ0) is 24.9. The number of benzene rings is 3. The second-order valence-electron chi connectivity index (χ2n) is 7.36. The van der Waals surface area contributed by atoms with Crippen LogP contribution in [-0.2, 0) is 14.8 Å². The molecule has 0 aliphatic rings. The Morgan fingerprint density at radius 1 is 0.824 bits per heavy atom. The molecular formula is C24H25N3O6S. The maximum atomic E-state index is 13.0. The highest BCUT2D eigenvalue weighted by Crippen LogP contribution is 2.29. The summed E-state index contributed by atoms with van der Waals surface area (Å²) in [5, 5.41) is 5.37. The fourth-order valence-electron chi connectivity index (χ4n) is 3.15. The second-order valence-corrected chi connectivity index (χ2v) is 9.04. The number of nitrogens with one attached hydrogen (secondary N) is 3. The van der Waals surface area contributed by atoms with Crippen molar-refractivity contribution in [2.24, 2.45) is 0 Å². The molecule has 3 aromatic rings. The molecule has 0 atom stereocenters. The normalized spacial score (nSPS) is 10.8. The van der Waals surface area contributed by atoms with Crippen LogP contribution in [0.4, 0.5) is 17.1 Å². The van der Waals surface area contributed by atoms with Crippen molar-refractivity contribution in [2.45, 2.75) is 18.7 Å². The predicted octanol–water partition coefficient (Wildman–Crippen LogP) is 4.02. The Labute approximate surface area is 198 Å². The van der Waals surface area contributed by atoms with Crippen molar-refractivity contribution < 1.29 is 27.5 Å². The minimum absolute atomic E-state index is 0.0577. The maximum Gasteiger partial charge on any atom is 0.261 e. The van der Waals surface area contributed by atoms with Gasteiger partial charge in [0.05, 0.1) is 24.8 Å². The second kappa shape index (κ2) is 10.3. The van der Waals surface area contributed by atoms with Crippen LogP contribution in [-0.4, -0.2) is 34.5 Å². The van der Waals surface area contributed by atoms with Crippen LogP contribution in [0.25, 0.3) is 0 Å². The van der Waals surface area contributed by atoms with Crippen LogP contribution in [0.2, 0.25) is 0 Å². The minimum atomic E-state index is -3.94. The summed E-state index contributed by atoms with van der Waals surface area (Å²) < 4.78 is 38.6. The molecule has 0 aromatic heterocycles. The lowest BCUT2D eigenvalue weighted by Crippen LogP contribution is -2.17. The number of rotatable bonds is 8. The summed E-state index contributed by atoms with van der Waals surface area (Å²) in [5.41, 5.74) is 2.03. The Morgan fingerprint density at radius 2 is 1.50 bits per heavy atom. The smallest absolute Gasteiger partial charge is 0.261 e. The summed E-state index contributed by atoms with van der Waals surface area (Å²) in [5.74, 6) is 0.212. The monoisotopic (exact) mass is 483 g/mol. The number of carbonyl (C=O) groups excluding carboxylic acids is 2. The van der Waals surface area contributed by atoms with Crippen LogP contribution < -0.4 is 24.8 Å². The summed E-state index contributed by atoms with van der Waals surface area (Å²) in [6, 6.07) is 15.5. The lowest BCUT2D eigenvalue weighted by atomic mass is 10.1. The molecule has 2 amide bonds. The lowest BCUT2D eigenvalue weighted by molar-refractivity contribution is -0.114. The molecule has 3 aromatic carbocycles. The Hall–Kier alpha value is -4.05. The highest BCUT2D eigenvalue weighted by atomic mass is 32.2. The molecular weight excluding hydrogens is 458 g/mol. The first-order chi connectivity index (χ1) is 16.1. The van der Waals surface area contributed by atoms with E-state index >= 15 is 0 Å². The van der Waals surface area contributed by atoms with E-state index in [4.69, 9.17) is 9.47 Å². The molecule has 178 valence electrons. The first-order valence-electron chi connectivity index (χ1n) is 10.2. The standard InChI is InChI=1S/C24H25N3O6S/c1-15-5-11-20(34(30,31)27-17-6-9-19(32-3)10-7-17)14-21(15)24(29)26-18-8-12-22(25-16(2)28)23(13-18)33-4/h5-14,27H,1-4H3,(H,25,28)(H,26,29). The number of aryl methyl sites for hydroxylation is 1. The molecule has 0 unspecified atom stereocenters. The van der Waals surface area contributed by atoms with E-state index in [1.165, 1.54) is 33.3 Å². The van der Waals surface area contributed by atoms with Gasteiger partial charge in [0, 0.05) is 29.9 Å². The van der Waals surface area contributed by atoms with Crippen molar-refractivity contribution in [3.05, 3.63) is 71.8 Å². The van der Waals surface area contributed by atoms with E-state index in [9.17, 15) is 18.0 Å². The van der Waals surface area contributed by atoms with E-state index < -0.39 is 15.9 Å². The van der Waals surface area contributed by atoms with Crippen molar-refractivity contribution in [1.82, 2.24) is 0 Å². The van der Waals surface area contributed by atoms with Gasteiger partial charge in [-0.05, 0) is 61.0 Å². The van der Waals surface area contributed by atoms with Gasteiger partial charge in [0.1, 0.15) is 11.5 Å². The quantitative estimate of drug-likeness (QED) is 0.445. The van der Waals surface area contributed by atoms with Gasteiger partial charge in [-0.25, -0.2) is 8.42 Å². The topological polar surface area (TPSA) is 123 Å². The molecule has 0 fully saturated rings. The van der Waals surface area contributed by atoms with E-state index in [-0.39, 0.29) is 16.4 Å². The van der Waals surface area contributed by atoms with Gasteiger partial charge in [0.25, 0.3) is 15.9 Å². The zero-order valence-corrected chi connectivity index (χ0v) is 19.9. The molecule has 3 rings (SSSR count). The third-order valence-corrected chi connectivity index (χ3v) is 6.26. The molecule has 0 aliphatic heterocycles.